The number of halogens is 2. The third-order valence-corrected chi connectivity index (χ3v) is 12.2. The molecule has 2 aromatic rings. The third-order valence-electron chi connectivity index (χ3n) is 10.6. The van der Waals surface area contributed by atoms with E-state index in [-0.39, 0.29) is 34.2 Å². The van der Waals surface area contributed by atoms with E-state index in [1.54, 1.807) is 13.0 Å². The lowest BCUT2D eigenvalue weighted by molar-refractivity contribution is -0.118. The number of likely N-dealkylation sites (tertiary alicyclic amines) is 1. The second kappa shape index (κ2) is 12.7. The summed E-state index contributed by atoms with van der Waals surface area (Å²) in [4.78, 5) is 15.9. The number of hydrogen-bond acceptors (Lipinski definition) is 5. The zero-order valence-corrected chi connectivity index (χ0v) is 26.6. The first-order chi connectivity index (χ1) is 21.1. The highest BCUT2D eigenvalue weighted by Crippen LogP contribution is 2.68. The van der Waals surface area contributed by atoms with Gasteiger partial charge in [-0.2, -0.15) is 18.4 Å². The molecule has 0 bridgehead atoms. The van der Waals surface area contributed by atoms with Crippen molar-refractivity contribution in [3.05, 3.63) is 64.4 Å². The molecule has 1 heterocycles. The summed E-state index contributed by atoms with van der Waals surface area (Å²) in [6.07, 6.45) is 7.07. The smallest absolute Gasteiger partial charge is 0.277 e. The maximum absolute atomic E-state index is 13.7. The molecule has 236 valence electrons. The van der Waals surface area contributed by atoms with Crippen LogP contribution in [0.2, 0.25) is 5.02 Å². The van der Waals surface area contributed by atoms with Crippen molar-refractivity contribution in [3.63, 3.8) is 0 Å². The Morgan fingerprint density at radius 3 is 2.82 bits per heavy atom. The van der Waals surface area contributed by atoms with Gasteiger partial charge in [0.2, 0.25) is 5.91 Å². The normalized spacial score (nSPS) is 31.2. The molecule has 1 saturated heterocycles. The van der Waals surface area contributed by atoms with Gasteiger partial charge in [0.15, 0.2) is 0 Å². The average Bonchev–Trinajstić information content (AvgIpc) is 3.86. The van der Waals surface area contributed by atoms with Gasteiger partial charge in [-0.25, -0.2) is 9.11 Å². The number of carbonyl (C=O) groups excluding carboxylic acids is 1. The Morgan fingerprint density at radius 1 is 1.23 bits per heavy atom. The number of hydrogen-bond donors (Lipinski definition) is 3. The van der Waals surface area contributed by atoms with E-state index in [1.807, 2.05) is 12.1 Å². The van der Waals surface area contributed by atoms with Gasteiger partial charge in [-0.05, 0) is 123 Å². The number of nitriles is 1. The van der Waals surface area contributed by atoms with Crippen LogP contribution < -0.4 is 14.8 Å². The summed E-state index contributed by atoms with van der Waals surface area (Å²) in [6.45, 7) is 4.52. The highest BCUT2D eigenvalue weighted by molar-refractivity contribution is 7.87. The van der Waals surface area contributed by atoms with Gasteiger partial charge in [-0.15, -0.1) is 0 Å². The molecule has 4 aliphatic rings. The molecule has 0 spiro atoms. The maximum atomic E-state index is 13.7. The van der Waals surface area contributed by atoms with Crippen molar-refractivity contribution < 1.29 is 17.6 Å². The van der Waals surface area contributed by atoms with E-state index in [0.717, 1.165) is 58.0 Å². The summed E-state index contributed by atoms with van der Waals surface area (Å²) < 4.78 is 43.1. The number of carbonyl (C=O) groups is 1. The van der Waals surface area contributed by atoms with Gasteiger partial charge >= 0.3 is 0 Å². The summed E-state index contributed by atoms with van der Waals surface area (Å²) in [7, 11) is -3.47. The fraction of sp³-hybridized carbons (Fsp3) is 0.576. The minimum atomic E-state index is -3.47. The number of nitrogens with zero attached hydrogens (tertiary/aromatic N) is 2. The maximum Gasteiger partial charge on any atom is 0.277 e. The summed E-state index contributed by atoms with van der Waals surface area (Å²) in [5, 5.41) is 12.4. The van der Waals surface area contributed by atoms with E-state index in [1.165, 1.54) is 17.7 Å². The molecule has 3 aliphatic carbocycles. The largest absolute Gasteiger partial charge is 0.326 e. The molecule has 44 heavy (non-hydrogen) atoms. The molecule has 2 aromatic carbocycles. The Morgan fingerprint density at radius 2 is 2.07 bits per heavy atom. The molecule has 1 amide bonds. The van der Waals surface area contributed by atoms with E-state index in [9.17, 15) is 22.9 Å². The van der Waals surface area contributed by atoms with Crippen LogP contribution in [0.15, 0.2) is 42.5 Å². The number of benzene rings is 2. The van der Waals surface area contributed by atoms with Crippen molar-refractivity contribution in [1.29, 1.82) is 5.26 Å². The number of amides is 1. The van der Waals surface area contributed by atoms with Crippen LogP contribution in [0.25, 0.3) is 0 Å². The van der Waals surface area contributed by atoms with Crippen molar-refractivity contribution in [3.8, 4) is 6.07 Å². The lowest BCUT2D eigenvalue weighted by atomic mass is 9.75. The van der Waals surface area contributed by atoms with Crippen LogP contribution in [0.5, 0.6) is 0 Å². The van der Waals surface area contributed by atoms with Crippen LogP contribution in [0.1, 0.15) is 63.0 Å². The number of rotatable bonds is 12. The van der Waals surface area contributed by atoms with Crippen molar-refractivity contribution in [2.75, 3.05) is 31.5 Å². The van der Waals surface area contributed by atoms with Crippen LogP contribution in [0.3, 0.4) is 0 Å². The summed E-state index contributed by atoms with van der Waals surface area (Å²) >= 11 is 5.98. The molecule has 4 fully saturated rings. The van der Waals surface area contributed by atoms with E-state index in [2.05, 4.69) is 37.9 Å². The molecule has 3 N–H and O–H groups in total. The Bertz CT molecular complexity index is 1550. The zero-order valence-electron chi connectivity index (χ0n) is 25.1. The van der Waals surface area contributed by atoms with E-state index in [0.29, 0.717) is 42.1 Å². The Labute approximate surface area is 264 Å². The number of fused-ring (bicyclic) bond motifs is 1. The lowest BCUT2D eigenvalue weighted by Gasteiger charge is -2.29. The summed E-state index contributed by atoms with van der Waals surface area (Å²) in [6, 6.07) is 14.5. The fourth-order valence-corrected chi connectivity index (χ4v) is 9.66. The minimum Gasteiger partial charge on any atom is -0.326 e. The molecule has 6 rings (SSSR count). The van der Waals surface area contributed by atoms with Gasteiger partial charge in [0.25, 0.3) is 10.2 Å². The molecule has 3 saturated carbocycles. The van der Waals surface area contributed by atoms with Gasteiger partial charge in [0.1, 0.15) is 5.82 Å². The van der Waals surface area contributed by atoms with Gasteiger partial charge in [0.05, 0.1) is 16.7 Å². The molecular formula is C33H41ClFN5O3S. The quantitative estimate of drug-likeness (QED) is 0.295. The fourth-order valence-electron chi connectivity index (χ4n) is 8.39. The van der Waals surface area contributed by atoms with Crippen molar-refractivity contribution in [2.24, 2.45) is 29.6 Å². The van der Waals surface area contributed by atoms with Gasteiger partial charge in [-0.1, -0.05) is 30.7 Å². The Kier molecular flexibility index (Phi) is 9.06. The first-order valence-corrected chi connectivity index (χ1v) is 17.7. The third kappa shape index (κ3) is 6.68. The van der Waals surface area contributed by atoms with E-state index >= 15 is 0 Å². The highest BCUT2D eigenvalue weighted by atomic mass is 35.5. The Balaban J connectivity index is 1.08. The monoisotopic (exact) mass is 641 g/mol. The molecule has 0 aromatic heterocycles. The van der Waals surface area contributed by atoms with Crippen molar-refractivity contribution in [1.82, 2.24) is 14.3 Å². The molecule has 7 atom stereocenters. The second-order valence-corrected chi connectivity index (χ2v) is 15.2. The predicted octanol–water partition coefficient (Wildman–Crippen LogP) is 5.21. The van der Waals surface area contributed by atoms with Gasteiger partial charge in [0, 0.05) is 30.7 Å². The van der Waals surface area contributed by atoms with E-state index < -0.39 is 16.0 Å². The predicted molar refractivity (Wildman–Crippen MR) is 169 cm³/mol. The molecule has 11 heteroatoms. The SMILES string of the molecule is CCNS(=O)(=O)NC1CCN(CCCC2C(C(=O)Nc3ccc(F)c(Cl)c3)C2[C@@H]2CC[C@]3(c4cccc(C#N)c4)CC3C2)C1. The molecule has 8 nitrogen and oxygen atoms in total. The van der Waals surface area contributed by atoms with Crippen LogP contribution >= 0.6 is 11.6 Å². The average molecular weight is 642 g/mol. The van der Waals surface area contributed by atoms with Crippen LogP contribution in [-0.2, 0) is 20.4 Å². The van der Waals surface area contributed by atoms with Crippen molar-refractivity contribution in [2.45, 2.75) is 63.3 Å². The molecular weight excluding hydrogens is 601 g/mol. The second-order valence-electron chi connectivity index (χ2n) is 13.2. The number of nitrogens with one attached hydrogen (secondary N) is 3. The molecule has 5 unspecified atom stereocenters. The van der Waals surface area contributed by atoms with Crippen LogP contribution in [0, 0.1) is 46.7 Å². The topological polar surface area (TPSA) is 114 Å². The first-order valence-electron chi connectivity index (χ1n) is 15.9. The summed E-state index contributed by atoms with van der Waals surface area (Å²) in [5.74, 6) is 1.04. The van der Waals surface area contributed by atoms with Gasteiger partial charge in [-0.3, -0.25) is 4.79 Å². The van der Waals surface area contributed by atoms with Gasteiger partial charge < -0.3 is 10.2 Å². The lowest BCUT2D eigenvalue weighted by Crippen LogP contribution is -2.43. The van der Waals surface area contributed by atoms with Crippen LogP contribution in [-0.4, -0.2) is 51.4 Å². The summed E-state index contributed by atoms with van der Waals surface area (Å²) in [5.41, 5.74) is 2.68. The van der Waals surface area contributed by atoms with Crippen LogP contribution in [0.4, 0.5) is 10.1 Å². The molecule has 1 aliphatic heterocycles. The van der Waals surface area contributed by atoms with Crippen molar-refractivity contribution >= 4 is 33.4 Å². The Hall–Kier alpha value is -2.55. The first kappa shape index (κ1) is 31.4. The number of anilines is 1. The molecule has 0 radical (unpaired) electrons. The minimum absolute atomic E-state index is 0.0128. The van der Waals surface area contributed by atoms with E-state index in [4.69, 9.17) is 11.6 Å². The zero-order chi connectivity index (χ0) is 31.1. The standard InChI is InChI=1S/C33H41ClFN5O3S/c1-2-37-44(42,43)39-26-11-14-40(20-26)13-4-7-27-30(31(27)32(41)38-25-8-9-29(35)28(34)17-25)22-10-12-33(18-24(33)16-22)23-6-3-5-21(15-23)19-36/h3,5-6,8-9,15,17,22,24,26-27,30-31,37,39H,2,4,7,10-14,16,18,20H2,1H3,(H,38,41)/t22-,24?,26?,27?,30?,31?,33-/m1/s1. The highest BCUT2D eigenvalue weighted by Gasteiger charge is 2.63.